The van der Waals surface area contributed by atoms with Gasteiger partial charge in [0.1, 0.15) is 5.15 Å². The van der Waals surface area contributed by atoms with E-state index >= 15 is 0 Å². The van der Waals surface area contributed by atoms with Gasteiger partial charge in [0, 0.05) is 0 Å². The van der Waals surface area contributed by atoms with Crippen molar-refractivity contribution in [2.24, 2.45) is 5.92 Å². The van der Waals surface area contributed by atoms with Gasteiger partial charge in [-0.3, -0.25) is 0 Å². The maximum atomic E-state index is 6.17. The van der Waals surface area contributed by atoms with E-state index in [1.165, 1.54) is 0 Å². The van der Waals surface area contributed by atoms with Crippen molar-refractivity contribution in [3.63, 3.8) is 0 Å². The zero-order valence-corrected chi connectivity index (χ0v) is 13.4. The normalized spacial score (nSPS) is 11.2. The van der Waals surface area contributed by atoms with Gasteiger partial charge < -0.3 is 4.42 Å². The first-order valence-corrected chi connectivity index (χ1v) is 7.21. The van der Waals surface area contributed by atoms with Crippen LogP contribution >= 0.6 is 34.2 Å². The summed E-state index contributed by atoms with van der Waals surface area (Å²) in [5.41, 5.74) is 2.00. The molecule has 0 aromatic carbocycles. The molecule has 0 aliphatic rings. The Morgan fingerprint density at radius 3 is 2.67 bits per heavy atom. The van der Waals surface area contributed by atoms with E-state index in [2.05, 4.69) is 46.4 Å². The standard InChI is InChI=1S/C13H14ClIN2O/c1-7(2)6-9-10(15)12(14)17-13(16-9)11-8(3)4-5-18-11/h4-5,7H,6H2,1-3H3. The predicted octanol–water partition coefficient (Wildman–Crippen LogP) is 4.50. The van der Waals surface area contributed by atoms with E-state index < -0.39 is 0 Å². The molecule has 96 valence electrons. The largest absolute Gasteiger partial charge is 0.461 e. The van der Waals surface area contributed by atoms with E-state index in [1.807, 2.05) is 13.0 Å². The van der Waals surface area contributed by atoms with Gasteiger partial charge in [-0.1, -0.05) is 25.4 Å². The van der Waals surface area contributed by atoms with Crippen molar-refractivity contribution < 1.29 is 4.42 Å². The Morgan fingerprint density at radius 1 is 1.39 bits per heavy atom. The van der Waals surface area contributed by atoms with Crippen LogP contribution in [0.2, 0.25) is 5.15 Å². The SMILES string of the molecule is Cc1ccoc1-c1nc(Cl)c(I)c(CC(C)C)n1. The number of furan rings is 1. The summed E-state index contributed by atoms with van der Waals surface area (Å²) in [6.07, 6.45) is 2.52. The summed E-state index contributed by atoms with van der Waals surface area (Å²) < 4.78 is 6.35. The molecule has 0 aliphatic heterocycles. The predicted molar refractivity (Wildman–Crippen MR) is 80.7 cm³/mol. The van der Waals surface area contributed by atoms with E-state index in [4.69, 9.17) is 16.0 Å². The van der Waals surface area contributed by atoms with E-state index in [9.17, 15) is 0 Å². The molecule has 5 heteroatoms. The molecule has 0 saturated heterocycles. The second kappa shape index (κ2) is 5.57. The van der Waals surface area contributed by atoms with Crippen LogP contribution in [0.5, 0.6) is 0 Å². The quantitative estimate of drug-likeness (QED) is 0.585. The number of hydrogen-bond donors (Lipinski definition) is 0. The molecule has 0 saturated carbocycles. The first-order chi connectivity index (χ1) is 8.49. The molecule has 2 aromatic heterocycles. The lowest BCUT2D eigenvalue weighted by molar-refractivity contribution is 0.573. The molecule has 0 bridgehead atoms. The second-order valence-corrected chi connectivity index (χ2v) is 6.07. The summed E-state index contributed by atoms with van der Waals surface area (Å²) in [5.74, 6) is 1.78. The molecule has 0 amide bonds. The molecule has 0 N–H and O–H groups in total. The Bertz CT molecular complexity index is 566. The van der Waals surface area contributed by atoms with Gasteiger partial charge in [-0.15, -0.1) is 0 Å². The summed E-state index contributed by atoms with van der Waals surface area (Å²) >= 11 is 8.37. The molecule has 0 atom stereocenters. The molecule has 3 nitrogen and oxygen atoms in total. The first-order valence-electron chi connectivity index (χ1n) is 5.75. The Labute approximate surface area is 125 Å². The summed E-state index contributed by atoms with van der Waals surface area (Å²) in [7, 11) is 0. The Morgan fingerprint density at radius 2 is 2.11 bits per heavy atom. The average Bonchev–Trinajstić information content (AvgIpc) is 2.70. The van der Waals surface area contributed by atoms with Crippen LogP contribution in [0.4, 0.5) is 0 Å². The third-order valence-electron chi connectivity index (χ3n) is 2.55. The Hall–Kier alpha value is -0.620. The Kier molecular flexibility index (Phi) is 4.27. The average molecular weight is 377 g/mol. The van der Waals surface area contributed by atoms with Gasteiger partial charge in [0.15, 0.2) is 11.6 Å². The molecule has 0 fully saturated rings. The molecule has 0 radical (unpaired) electrons. The van der Waals surface area contributed by atoms with Crippen molar-refractivity contribution in [2.75, 3.05) is 0 Å². The number of halogens is 2. The summed E-state index contributed by atoms with van der Waals surface area (Å²) in [4.78, 5) is 8.88. The van der Waals surface area contributed by atoms with Crippen LogP contribution in [0.25, 0.3) is 11.6 Å². The van der Waals surface area contributed by atoms with Crippen LogP contribution in [-0.2, 0) is 6.42 Å². The van der Waals surface area contributed by atoms with Crippen molar-refractivity contribution in [1.82, 2.24) is 9.97 Å². The molecule has 2 aromatic rings. The number of nitrogens with zero attached hydrogens (tertiary/aromatic N) is 2. The minimum absolute atomic E-state index is 0.493. The highest BCUT2D eigenvalue weighted by molar-refractivity contribution is 14.1. The van der Waals surface area contributed by atoms with Gasteiger partial charge in [0.05, 0.1) is 15.5 Å². The lowest BCUT2D eigenvalue weighted by atomic mass is 10.1. The molecule has 2 heterocycles. The van der Waals surface area contributed by atoms with Crippen LogP contribution < -0.4 is 0 Å². The lowest BCUT2D eigenvalue weighted by Crippen LogP contribution is -2.04. The van der Waals surface area contributed by atoms with Gasteiger partial charge >= 0.3 is 0 Å². The third kappa shape index (κ3) is 2.85. The zero-order valence-electron chi connectivity index (χ0n) is 10.5. The second-order valence-electron chi connectivity index (χ2n) is 4.63. The third-order valence-corrected chi connectivity index (χ3v) is 4.27. The smallest absolute Gasteiger partial charge is 0.197 e. The van der Waals surface area contributed by atoms with E-state index in [-0.39, 0.29) is 0 Å². The summed E-state index contributed by atoms with van der Waals surface area (Å²) in [6, 6.07) is 1.90. The van der Waals surface area contributed by atoms with E-state index in [0.29, 0.717) is 22.7 Å². The zero-order chi connectivity index (χ0) is 13.3. The van der Waals surface area contributed by atoms with E-state index in [1.54, 1.807) is 6.26 Å². The minimum Gasteiger partial charge on any atom is -0.461 e. The first kappa shape index (κ1) is 13.8. The van der Waals surface area contributed by atoms with Crippen LogP contribution in [0.15, 0.2) is 16.7 Å². The van der Waals surface area contributed by atoms with Crippen LogP contribution in [-0.4, -0.2) is 9.97 Å². The molecule has 2 rings (SSSR count). The van der Waals surface area contributed by atoms with Gasteiger partial charge in [0.2, 0.25) is 0 Å². The van der Waals surface area contributed by atoms with Gasteiger partial charge in [0.25, 0.3) is 0 Å². The van der Waals surface area contributed by atoms with Crippen LogP contribution in [0, 0.1) is 16.4 Å². The summed E-state index contributed by atoms with van der Waals surface area (Å²) in [5, 5.41) is 0.493. The number of hydrogen-bond acceptors (Lipinski definition) is 3. The number of aryl methyl sites for hydroxylation is 1. The maximum absolute atomic E-state index is 6.17. The fourth-order valence-corrected chi connectivity index (χ4v) is 2.34. The fourth-order valence-electron chi connectivity index (χ4n) is 1.69. The molecule has 0 unspecified atom stereocenters. The lowest BCUT2D eigenvalue weighted by Gasteiger charge is -2.09. The minimum atomic E-state index is 0.493. The van der Waals surface area contributed by atoms with Gasteiger partial charge in [-0.2, -0.15) is 0 Å². The molecular formula is C13H14ClIN2O. The van der Waals surface area contributed by atoms with Crippen molar-refractivity contribution in [2.45, 2.75) is 27.2 Å². The van der Waals surface area contributed by atoms with Crippen LogP contribution in [0.3, 0.4) is 0 Å². The van der Waals surface area contributed by atoms with Crippen molar-refractivity contribution >= 4 is 34.2 Å². The highest BCUT2D eigenvalue weighted by Gasteiger charge is 2.16. The maximum Gasteiger partial charge on any atom is 0.197 e. The Balaban J connectivity index is 2.51. The van der Waals surface area contributed by atoms with E-state index in [0.717, 1.165) is 21.2 Å². The molecule has 18 heavy (non-hydrogen) atoms. The highest BCUT2D eigenvalue weighted by atomic mass is 127. The van der Waals surface area contributed by atoms with Gasteiger partial charge in [-0.25, -0.2) is 9.97 Å². The molecule has 0 aliphatic carbocycles. The number of aromatic nitrogens is 2. The monoisotopic (exact) mass is 376 g/mol. The number of rotatable bonds is 3. The summed E-state index contributed by atoms with van der Waals surface area (Å²) in [6.45, 7) is 6.28. The fraction of sp³-hybridized carbons (Fsp3) is 0.385. The van der Waals surface area contributed by atoms with Gasteiger partial charge in [-0.05, 0) is 53.5 Å². The molecule has 0 spiro atoms. The topological polar surface area (TPSA) is 38.9 Å². The van der Waals surface area contributed by atoms with Crippen LogP contribution in [0.1, 0.15) is 25.1 Å². The molecular weight excluding hydrogens is 363 g/mol. The van der Waals surface area contributed by atoms with Crippen molar-refractivity contribution in [3.8, 4) is 11.6 Å². The van der Waals surface area contributed by atoms with Crippen molar-refractivity contribution in [1.29, 1.82) is 0 Å². The van der Waals surface area contributed by atoms with Crippen molar-refractivity contribution in [3.05, 3.63) is 32.3 Å². The highest BCUT2D eigenvalue weighted by Crippen LogP contribution is 2.27.